The lowest BCUT2D eigenvalue weighted by Crippen LogP contribution is -2.04. The Morgan fingerprint density at radius 3 is 2.50 bits per heavy atom. The number of aromatic nitrogens is 1. The van der Waals surface area contributed by atoms with Crippen molar-refractivity contribution < 1.29 is 14.3 Å². The van der Waals surface area contributed by atoms with E-state index in [1.165, 1.54) is 0 Å². The summed E-state index contributed by atoms with van der Waals surface area (Å²) in [5.41, 5.74) is 2.46. The molecule has 24 heavy (non-hydrogen) atoms. The van der Waals surface area contributed by atoms with Crippen LogP contribution in [0.5, 0.6) is 11.5 Å². The highest BCUT2D eigenvalue weighted by Gasteiger charge is 2.16. The maximum absolute atomic E-state index is 12.8. The fourth-order valence-electron chi connectivity index (χ4n) is 2.62. The Labute approximate surface area is 156 Å². The second kappa shape index (κ2) is 6.99. The average Bonchev–Trinajstić information content (AvgIpc) is 2.99. The predicted molar refractivity (Wildman–Crippen MR) is 101 cm³/mol. The van der Waals surface area contributed by atoms with Crippen LogP contribution in [0.25, 0.3) is 10.9 Å². The van der Waals surface area contributed by atoms with Crippen molar-refractivity contribution in [2.45, 2.75) is 6.42 Å². The lowest BCUT2D eigenvalue weighted by atomic mass is 10.0. The molecular formula is C18H15Br2NO3. The molecule has 0 radical (unpaired) electrons. The van der Waals surface area contributed by atoms with Gasteiger partial charge in [0.05, 0.1) is 14.2 Å². The van der Waals surface area contributed by atoms with Gasteiger partial charge in [-0.25, -0.2) is 0 Å². The fourth-order valence-corrected chi connectivity index (χ4v) is 3.45. The van der Waals surface area contributed by atoms with E-state index in [4.69, 9.17) is 9.47 Å². The number of ketones is 1. The van der Waals surface area contributed by atoms with Crippen LogP contribution in [0.2, 0.25) is 0 Å². The van der Waals surface area contributed by atoms with Crippen LogP contribution in [0.4, 0.5) is 0 Å². The third-order valence-corrected chi connectivity index (χ3v) is 5.08. The molecule has 0 saturated carbocycles. The summed E-state index contributed by atoms with van der Waals surface area (Å²) in [6.07, 6.45) is 2.02. The number of fused-ring (bicyclic) bond motifs is 1. The molecule has 2 aromatic carbocycles. The molecule has 0 aliphatic rings. The number of H-pyrrole nitrogens is 1. The summed E-state index contributed by atoms with van der Waals surface area (Å²) in [4.78, 5) is 15.9. The highest BCUT2D eigenvalue weighted by Crippen LogP contribution is 2.34. The van der Waals surface area contributed by atoms with E-state index in [0.29, 0.717) is 17.1 Å². The van der Waals surface area contributed by atoms with Gasteiger partial charge < -0.3 is 14.5 Å². The number of hydrogen-bond donors (Lipinski definition) is 1. The fraction of sp³-hybridized carbons (Fsp3) is 0.167. The zero-order valence-corrected chi connectivity index (χ0v) is 16.3. The van der Waals surface area contributed by atoms with Gasteiger partial charge in [0.2, 0.25) is 0 Å². The van der Waals surface area contributed by atoms with Crippen LogP contribution in [0.1, 0.15) is 15.9 Å². The van der Waals surface area contributed by atoms with Crippen LogP contribution in [-0.2, 0) is 6.42 Å². The highest BCUT2D eigenvalue weighted by atomic mass is 79.9. The Morgan fingerprint density at radius 1 is 1.08 bits per heavy atom. The van der Waals surface area contributed by atoms with Crippen molar-refractivity contribution in [1.82, 2.24) is 4.98 Å². The SMILES string of the molecule is COc1cc(Br)c(CC(=O)c2c[nH]c3ccc(Br)cc23)cc1OC. The molecule has 1 aromatic heterocycles. The molecule has 3 rings (SSSR count). The normalized spacial score (nSPS) is 10.8. The lowest BCUT2D eigenvalue weighted by Gasteiger charge is -2.11. The minimum atomic E-state index is 0.0345. The van der Waals surface area contributed by atoms with Crippen LogP contribution >= 0.6 is 31.9 Å². The molecule has 3 aromatic rings. The monoisotopic (exact) mass is 451 g/mol. The first-order chi connectivity index (χ1) is 11.5. The highest BCUT2D eigenvalue weighted by molar-refractivity contribution is 9.10. The molecule has 1 N–H and O–H groups in total. The van der Waals surface area contributed by atoms with Crippen LogP contribution in [0.3, 0.4) is 0 Å². The number of rotatable bonds is 5. The minimum absolute atomic E-state index is 0.0345. The number of carbonyl (C=O) groups is 1. The Morgan fingerprint density at radius 2 is 1.79 bits per heavy atom. The van der Waals surface area contributed by atoms with E-state index in [2.05, 4.69) is 36.8 Å². The van der Waals surface area contributed by atoms with Crippen LogP contribution < -0.4 is 9.47 Å². The van der Waals surface area contributed by atoms with Crippen LogP contribution in [-0.4, -0.2) is 25.0 Å². The number of methoxy groups -OCH3 is 2. The molecule has 6 heteroatoms. The molecule has 0 fully saturated rings. The number of halogens is 2. The maximum atomic E-state index is 12.8. The van der Waals surface area contributed by atoms with E-state index in [1.807, 2.05) is 30.3 Å². The minimum Gasteiger partial charge on any atom is -0.493 e. The van der Waals surface area contributed by atoms with Crippen molar-refractivity contribution in [3.63, 3.8) is 0 Å². The summed E-state index contributed by atoms with van der Waals surface area (Å²) in [6.45, 7) is 0. The first kappa shape index (κ1) is 17.0. The van der Waals surface area contributed by atoms with Crippen LogP contribution in [0.15, 0.2) is 45.5 Å². The quantitative estimate of drug-likeness (QED) is 0.545. The Kier molecular flexibility index (Phi) is 4.96. The standard InChI is InChI=1S/C18H15Br2NO3/c1-23-17-6-10(14(20)8-18(17)24-2)5-16(22)13-9-21-15-4-3-11(19)7-12(13)15/h3-4,6-9,21H,5H2,1-2H3. The first-order valence-corrected chi connectivity index (χ1v) is 8.82. The van der Waals surface area contributed by atoms with E-state index >= 15 is 0 Å². The number of benzene rings is 2. The molecule has 0 aliphatic heterocycles. The Balaban J connectivity index is 1.95. The number of Topliss-reactive ketones (excluding diaryl/α,β-unsaturated/α-hetero) is 1. The van der Waals surface area contributed by atoms with E-state index in [-0.39, 0.29) is 12.2 Å². The molecular weight excluding hydrogens is 438 g/mol. The van der Waals surface area contributed by atoms with Crippen molar-refractivity contribution in [3.8, 4) is 11.5 Å². The molecule has 0 amide bonds. The number of hydrogen-bond acceptors (Lipinski definition) is 3. The second-order valence-electron chi connectivity index (χ2n) is 5.29. The number of nitrogens with one attached hydrogen (secondary N) is 1. The van der Waals surface area contributed by atoms with Gasteiger partial charge in [0.1, 0.15) is 0 Å². The number of ether oxygens (including phenoxy) is 2. The molecule has 0 unspecified atom stereocenters. The van der Waals surface area contributed by atoms with Crippen molar-refractivity contribution >= 4 is 48.5 Å². The third kappa shape index (κ3) is 3.21. The molecule has 0 saturated heterocycles. The summed E-state index contributed by atoms with van der Waals surface area (Å²) in [7, 11) is 3.16. The van der Waals surface area contributed by atoms with Gasteiger partial charge in [-0.2, -0.15) is 0 Å². The Hall–Kier alpha value is -1.79. The lowest BCUT2D eigenvalue weighted by molar-refractivity contribution is 0.0994. The number of aromatic amines is 1. The van der Waals surface area contributed by atoms with Crippen molar-refractivity contribution in [3.05, 3.63) is 56.6 Å². The summed E-state index contributed by atoms with van der Waals surface area (Å²) in [6, 6.07) is 9.47. The van der Waals surface area contributed by atoms with Gasteiger partial charge in [-0.1, -0.05) is 31.9 Å². The second-order valence-corrected chi connectivity index (χ2v) is 7.06. The topological polar surface area (TPSA) is 51.3 Å². The van der Waals surface area contributed by atoms with Crippen molar-refractivity contribution in [2.24, 2.45) is 0 Å². The van der Waals surface area contributed by atoms with Gasteiger partial charge in [0.25, 0.3) is 0 Å². The molecule has 0 spiro atoms. The van der Waals surface area contributed by atoms with E-state index in [9.17, 15) is 4.79 Å². The molecule has 0 bridgehead atoms. The molecule has 124 valence electrons. The molecule has 0 aliphatic carbocycles. The summed E-state index contributed by atoms with van der Waals surface area (Å²) < 4.78 is 12.3. The van der Waals surface area contributed by atoms with Gasteiger partial charge in [-0.05, 0) is 35.9 Å². The van der Waals surface area contributed by atoms with E-state index < -0.39 is 0 Å². The van der Waals surface area contributed by atoms with E-state index in [0.717, 1.165) is 25.4 Å². The van der Waals surface area contributed by atoms with Gasteiger partial charge in [-0.3, -0.25) is 4.79 Å². The molecule has 1 heterocycles. The largest absolute Gasteiger partial charge is 0.493 e. The van der Waals surface area contributed by atoms with Crippen molar-refractivity contribution in [1.29, 1.82) is 0 Å². The molecule has 4 nitrogen and oxygen atoms in total. The van der Waals surface area contributed by atoms with Gasteiger partial charge in [0, 0.05) is 38.0 Å². The van der Waals surface area contributed by atoms with E-state index in [1.54, 1.807) is 20.4 Å². The van der Waals surface area contributed by atoms with Crippen LogP contribution in [0, 0.1) is 0 Å². The summed E-state index contributed by atoms with van der Waals surface area (Å²) >= 11 is 6.95. The summed E-state index contributed by atoms with van der Waals surface area (Å²) in [5, 5.41) is 0.908. The smallest absolute Gasteiger partial charge is 0.169 e. The summed E-state index contributed by atoms with van der Waals surface area (Å²) in [5.74, 6) is 1.26. The average molecular weight is 453 g/mol. The Bertz CT molecular complexity index is 918. The van der Waals surface area contributed by atoms with Gasteiger partial charge >= 0.3 is 0 Å². The maximum Gasteiger partial charge on any atom is 0.169 e. The third-order valence-electron chi connectivity index (χ3n) is 3.85. The van der Waals surface area contributed by atoms with Gasteiger partial charge in [0.15, 0.2) is 17.3 Å². The number of carbonyl (C=O) groups excluding carboxylic acids is 1. The first-order valence-electron chi connectivity index (χ1n) is 7.23. The zero-order chi connectivity index (χ0) is 17.3. The van der Waals surface area contributed by atoms with Gasteiger partial charge in [-0.15, -0.1) is 0 Å². The van der Waals surface area contributed by atoms with Crippen molar-refractivity contribution in [2.75, 3.05) is 14.2 Å². The zero-order valence-electron chi connectivity index (χ0n) is 13.2. The predicted octanol–water partition coefficient (Wildman–Crippen LogP) is 5.14. The molecule has 0 atom stereocenters.